The number of hydrogen-bond donors (Lipinski definition) is 0. The lowest BCUT2D eigenvalue weighted by Crippen LogP contribution is -1.92. The van der Waals surface area contributed by atoms with Crippen LogP contribution in [0.2, 0.25) is 0 Å². The Balaban J connectivity index is 1.45. The molecule has 0 unspecified atom stereocenters. The highest BCUT2D eigenvalue weighted by atomic mass is 14.9. The lowest BCUT2D eigenvalue weighted by atomic mass is 9.92. The summed E-state index contributed by atoms with van der Waals surface area (Å²) in [7, 11) is 0. The average Bonchev–Trinajstić information content (AvgIpc) is 3.58. The van der Waals surface area contributed by atoms with E-state index in [1.165, 1.54) is 82.6 Å². The molecule has 2 aliphatic rings. The van der Waals surface area contributed by atoms with E-state index in [1.807, 2.05) is 0 Å². The van der Waals surface area contributed by atoms with E-state index in [4.69, 9.17) is 0 Å². The first-order valence-corrected chi connectivity index (χ1v) is 12.5. The van der Waals surface area contributed by atoms with E-state index < -0.39 is 0 Å². The summed E-state index contributed by atoms with van der Waals surface area (Å²) in [5.41, 5.74) is 15.5. The van der Waals surface area contributed by atoms with E-state index in [-0.39, 0.29) is 0 Å². The molecule has 5 aromatic carbocycles. The maximum atomic E-state index is 2.50. The Morgan fingerprint density at radius 1 is 0.429 bits per heavy atom. The van der Waals surface area contributed by atoms with Crippen molar-refractivity contribution in [3.8, 4) is 22.3 Å². The number of pyridine rings is 1. The Labute approximate surface area is 202 Å². The summed E-state index contributed by atoms with van der Waals surface area (Å²) in [6.45, 7) is 0. The summed E-state index contributed by atoms with van der Waals surface area (Å²) in [6, 6.07) is 38.7. The predicted molar refractivity (Wildman–Crippen MR) is 146 cm³/mol. The molecule has 0 saturated heterocycles. The molecule has 0 aliphatic heterocycles. The largest absolute Gasteiger partial charge is 0.309 e. The molecule has 1 heteroatoms. The van der Waals surface area contributed by atoms with Gasteiger partial charge in [0.15, 0.2) is 0 Å². The van der Waals surface area contributed by atoms with Crippen LogP contribution in [0.15, 0.2) is 103 Å². The minimum Gasteiger partial charge on any atom is -0.309 e. The van der Waals surface area contributed by atoms with Crippen LogP contribution in [0, 0.1) is 0 Å². The molecular weight excluding hydrogens is 422 g/mol. The average molecular weight is 444 g/mol. The second-order valence-electron chi connectivity index (χ2n) is 10.1. The highest BCUT2D eigenvalue weighted by Crippen LogP contribution is 2.50. The Morgan fingerprint density at radius 2 is 1.14 bits per heavy atom. The SMILES string of the molecule is c1ccc2c(c1)Cc1ccc3c(c1-2)-c1cc2c(cc1C3)c1ccccc1n1c3ccccc3cc21. The van der Waals surface area contributed by atoms with Crippen LogP contribution >= 0.6 is 0 Å². The van der Waals surface area contributed by atoms with Crippen molar-refractivity contribution >= 4 is 38.1 Å². The maximum Gasteiger partial charge on any atom is 0.0547 e. The van der Waals surface area contributed by atoms with E-state index in [2.05, 4.69) is 108 Å². The molecule has 0 bridgehead atoms. The van der Waals surface area contributed by atoms with Gasteiger partial charge in [0.25, 0.3) is 0 Å². The topological polar surface area (TPSA) is 4.41 Å². The van der Waals surface area contributed by atoms with Crippen molar-refractivity contribution in [1.82, 2.24) is 4.40 Å². The number of benzene rings is 5. The molecule has 0 spiro atoms. The Morgan fingerprint density at radius 3 is 2.06 bits per heavy atom. The van der Waals surface area contributed by atoms with Gasteiger partial charge in [-0.1, -0.05) is 72.8 Å². The zero-order valence-corrected chi connectivity index (χ0v) is 19.2. The van der Waals surface area contributed by atoms with E-state index in [0.717, 1.165) is 12.8 Å². The van der Waals surface area contributed by atoms with Crippen molar-refractivity contribution in [2.45, 2.75) is 12.8 Å². The molecule has 7 aromatic rings. The van der Waals surface area contributed by atoms with Gasteiger partial charge in [-0.15, -0.1) is 0 Å². The number of nitrogens with zero attached hydrogens (tertiary/aromatic N) is 1. The number of hydrogen-bond acceptors (Lipinski definition) is 0. The van der Waals surface area contributed by atoms with E-state index in [9.17, 15) is 0 Å². The minimum atomic E-state index is 1.01. The highest BCUT2D eigenvalue weighted by Gasteiger charge is 2.29. The molecule has 0 atom stereocenters. The molecule has 2 aromatic heterocycles. The molecule has 0 N–H and O–H groups in total. The van der Waals surface area contributed by atoms with Crippen LogP contribution in [-0.2, 0) is 12.8 Å². The van der Waals surface area contributed by atoms with Crippen LogP contribution in [0.1, 0.15) is 22.3 Å². The standard InChI is InChI=1S/C34H21N/c1-3-9-25-20(7-1)15-22-13-14-23-16-24-17-28-26-10-4-6-12-31(26)35-30-11-5-2-8-21(30)18-32(35)29(28)19-27(24)34(23)33(22)25/h1-14,17-19H,15-16H2. The van der Waals surface area contributed by atoms with Crippen LogP contribution in [0.25, 0.3) is 60.3 Å². The summed E-state index contributed by atoms with van der Waals surface area (Å²) in [5.74, 6) is 0. The molecule has 0 saturated carbocycles. The van der Waals surface area contributed by atoms with Gasteiger partial charge >= 0.3 is 0 Å². The summed E-state index contributed by atoms with van der Waals surface area (Å²) >= 11 is 0. The third kappa shape index (κ3) is 2.19. The molecule has 0 radical (unpaired) electrons. The predicted octanol–water partition coefficient (Wildman–Crippen LogP) is 8.54. The fraction of sp³-hybridized carbons (Fsp3) is 0.0588. The summed E-state index contributed by atoms with van der Waals surface area (Å²) in [4.78, 5) is 0. The molecule has 0 amide bonds. The maximum absolute atomic E-state index is 2.50. The van der Waals surface area contributed by atoms with Crippen LogP contribution in [0.5, 0.6) is 0 Å². The van der Waals surface area contributed by atoms with Crippen molar-refractivity contribution in [3.63, 3.8) is 0 Å². The molecule has 2 aliphatic carbocycles. The second kappa shape index (κ2) is 6.20. The Kier molecular flexibility index (Phi) is 3.19. The van der Waals surface area contributed by atoms with Crippen molar-refractivity contribution < 1.29 is 0 Å². The first kappa shape index (κ1) is 18.0. The first-order chi connectivity index (χ1) is 17.3. The number of rotatable bonds is 0. The van der Waals surface area contributed by atoms with E-state index >= 15 is 0 Å². The lowest BCUT2D eigenvalue weighted by Gasteiger charge is -2.14. The van der Waals surface area contributed by atoms with Crippen molar-refractivity contribution in [2.24, 2.45) is 0 Å². The molecule has 9 rings (SSSR count). The monoisotopic (exact) mass is 443 g/mol. The normalized spacial score (nSPS) is 13.5. The van der Waals surface area contributed by atoms with Crippen molar-refractivity contribution in [1.29, 1.82) is 0 Å². The Bertz CT molecular complexity index is 2050. The first-order valence-electron chi connectivity index (χ1n) is 12.5. The minimum absolute atomic E-state index is 1.01. The second-order valence-corrected chi connectivity index (χ2v) is 10.1. The zero-order valence-electron chi connectivity index (χ0n) is 19.2. The quantitative estimate of drug-likeness (QED) is 0.207. The van der Waals surface area contributed by atoms with Crippen molar-refractivity contribution in [3.05, 3.63) is 125 Å². The van der Waals surface area contributed by atoms with Crippen LogP contribution < -0.4 is 0 Å². The zero-order chi connectivity index (χ0) is 22.7. The van der Waals surface area contributed by atoms with Gasteiger partial charge in [0, 0.05) is 16.2 Å². The van der Waals surface area contributed by atoms with Gasteiger partial charge in [0.2, 0.25) is 0 Å². The van der Waals surface area contributed by atoms with Gasteiger partial charge in [0.05, 0.1) is 16.6 Å². The Hall–Kier alpha value is -4.36. The van der Waals surface area contributed by atoms with Crippen molar-refractivity contribution in [2.75, 3.05) is 0 Å². The summed E-state index contributed by atoms with van der Waals surface area (Å²) < 4.78 is 2.46. The molecule has 0 fully saturated rings. The smallest absolute Gasteiger partial charge is 0.0547 e. The van der Waals surface area contributed by atoms with E-state index in [1.54, 1.807) is 0 Å². The van der Waals surface area contributed by atoms with Gasteiger partial charge in [-0.25, -0.2) is 0 Å². The number of aromatic nitrogens is 1. The molecule has 162 valence electrons. The highest BCUT2D eigenvalue weighted by molar-refractivity contribution is 6.17. The van der Waals surface area contributed by atoms with Crippen LogP contribution in [-0.4, -0.2) is 4.40 Å². The fourth-order valence-electron chi connectivity index (χ4n) is 6.89. The molecule has 2 heterocycles. The lowest BCUT2D eigenvalue weighted by molar-refractivity contribution is 1.24. The number of fused-ring (bicyclic) bond motifs is 15. The van der Waals surface area contributed by atoms with Gasteiger partial charge in [-0.3, -0.25) is 0 Å². The van der Waals surface area contributed by atoms with Crippen LogP contribution in [0.4, 0.5) is 0 Å². The van der Waals surface area contributed by atoms with E-state index in [0.29, 0.717) is 0 Å². The summed E-state index contributed by atoms with van der Waals surface area (Å²) in [5, 5.41) is 5.32. The van der Waals surface area contributed by atoms with Gasteiger partial charge in [-0.2, -0.15) is 0 Å². The van der Waals surface area contributed by atoms with Gasteiger partial charge in [0.1, 0.15) is 0 Å². The third-order valence-corrected chi connectivity index (χ3v) is 8.36. The molecular formula is C34H21N. The third-order valence-electron chi connectivity index (χ3n) is 8.36. The van der Waals surface area contributed by atoms with Gasteiger partial charge < -0.3 is 4.40 Å². The number of para-hydroxylation sites is 2. The summed E-state index contributed by atoms with van der Waals surface area (Å²) in [6.07, 6.45) is 2.05. The fourth-order valence-corrected chi connectivity index (χ4v) is 6.89. The molecule has 1 nitrogen and oxygen atoms in total. The van der Waals surface area contributed by atoms with Gasteiger partial charge in [-0.05, 0) is 93.1 Å². The van der Waals surface area contributed by atoms with Crippen LogP contribution in [0.3, 0.4) is 0 Å². The molecule has 35 heavy (non-hydrogen) atoms.